The Bertz CT molecular complexity index is 515. The summed E-state index contributed by atoms with van der Waals surface area (Å²) >= 11 is 0. The zero-order valence-corrected chi connectivity index (χ0v) is 10.9. The number of fused-ring (bicyclic) bond motifs is 1. The quantitative estimate of drug-likeness (QED) is 0.718. The molecule has 6 nitrogen and oxygen atoms in total. The highest BCUT2D eigenvalue weighted by molar-refractivity contribution is 5.90. The van der Waals surface area contributed by atoms with Gasteiger partial charge in [-0.3, -0.25) is 9.59 Å². The molecule has 0 aromatic carbocycles. The highest BCUT2D eigenvalue weighted by Crippen LogP contribution is 2.15. The van der Waals surface area contributed by atoms with Crippen molar-refractivity contribution in [3.8, 4) is 0 Å². The molecule has 0 aliphatic carbocycles. The summed E-state index contributed by atoms with van der Waals surface area (Å²) in [7, 11) is 1.59. The number of carbonyl (C=O) groups is 2. The second-order valence-corrected chi connectivity index (χ2v) is 4.46. The molecular weight excluding hydrogens is 244 g/mol. The molecular formula is C13H16N4O2. The molecule has 0 N–H and O–H groups in total. The van der Waals surface area contributed by atoms with Crippen molar-refractivity contribution in [2.75, 3.05) is 20.1 Å². The zero-order chi connectivity index (χ0) is 13.8. The van der Waals surface area contributed by atoms with Crippen molar-refractivity contribution >= 4 is 11.8 Å². The minimum atomic E-state index is -0.255. The maximum atomic E-state index is 12.1. The largest absolute Gasteiger partial charge is 0.336 e. The van der Waals surface area contributed by atoms with Gasteiger partial charge in [0.2, 0.25) is 11.8 Å². The van der Waals surface area contributed by atoms with Crippen molar-refractivity contribution in [1.82, 2.24) is 19.8 Å². The summed E-state index contributed by atoms with van der Waals surface area (Å²) in [6.07, 6.45) is 5.18. The molecule has 6 heteroatoms. The van der Waals surface area contributed by atoms with Crippen LogP contribution in [0.25, 0.3) is 0 Å². The standard InChI is InChI=1S/C13H16N4O2/c1-3-12(18)16(2)8-13(19)17-5-4-11-10(7-17)6-14-9-15-11/h3,6,9H,1,4-5,7-8H2,2H3. The topological polar surface area (TPSA) is 66.4 Å². The highest BCUT2D eigenvalue weighted by Gasteiger charge is 2.22. The zero-order valence-electron chi connectivity index (χ0n) is 10.9. The van der Waals surface area contributed by atoms with E-state index in [2.05, 4.69) is 16.5 Å². The van der Waals surface area contributed by atoms with E-state index in [1.54, 1.807) is 18.1 Å². The summed E-state index contributed by atoms with van der Waals surface area (Å²) < 4.78 is 0. The Morgan fingerprint density at radius 3 is 3.11 bits per heavy atom. The minimum absolute atomic E-state index is 0.0634. The van der Waals surface area contributed by atoms with Crippen LogP contribution in [0.15, 0.2) is 25.2 Å². The van der Waals surface area contributed by atoms with E-state index in [0.717, 1.165) is 17.7 Å². The van der Waals surface area contributed by atoms with Gasteiger partial charge in [-0.15, -0.1) is 0 Å². The molecule has 0 spiro atoms. The summed E-state index contributed by atoms with van der Waals surface area (Å²) in [6.45, 7) is 4.59. The van der Waals surface area contributed by atoms with Gasteiger partial charge in [-0.2, -0.15) is 0 Å². The lowest BCUT2D eigenvalue weighted by Crippen LogP contribution is -2.43. The van der Waals surface area contributed by atoms with Crippen LogP contribution in [0.5, 0.6) is 0 Å². The summed E-state index contributed by atoms with van der Waals surface area (Å²) in [4.78, 5) is 34.7. The van der Waals surface area contributed by atoms with E-state index in [9.17, 15) is 9.59 Å². The lowest BCUT2D eigenvalue weighted by atomic mass is 10.1. The van der Waals surface area contributed by atoms with Gasteiger partial charge in [0.05, 0.1) is 12.2 Å². The predicted molar refractivity (Wildman–Crippen MR) is 69.0 cm³/mol. The van der Waals surface area contributed by atoms with E-state index >= 15 is 0 Å². The molecule has 2 rings (SSSR count). The van der Waals surface area contributed by atoms with Gasteiger partial charge in [-0.25, -0.2) is 9.97 Å². The molecule has 1 aliphatic heterocycles. The normalized spacial score (nSPS) is 13.6. The molecule has 100 valence electrons. The maximum Gasteiger partial charge on any atom is 0.246 e. The van der Waals surface area contributed by atoms with Crippen LogP contribution in [0.4, 0.5) is 0 Å². The van der Waals surface area contributed by atoms with E-state index in [0.29, 0.717) is 13.1 Å². The molecule has 19 heavy (non-hydrogen) atoms. The van der Waals surface area contributed by atoms with Crippen molar-refractivity contribution in [1.29, 1.82) is 0 Å². The number of hydrogen-bond acceptors (Lipinski definition) is 4. The van der Waals surface area contributed by atoms with Gasteiger partial charge in [0.1, 0.15) is 6.33 Å². The SMILES string of the molecule is C=CC(=O)N(C)CC(=O)N1CCc2ncncc2C1. The number of likely N-dealkylation sites (N-methyl/N-ethyl adjacent to an activating group) is 1. The van der Waals surface area contributed by atoms with Crippen LogP contribution in [0.3, 0.4) is 0 Å². The van der Waals surface area contributed by atoms with Crippen LogP contribution in [-0.4, -0.2) is 51.7 Å². The molecule has 1 aromatic heterocycles. The van der Waals surface area contributed by atoms with Crippen LogP contribution >= 0.6 is 0 Å². The summed E-state index contributed by atoms with van der Waals surface area (Å²) in [5.41, 5.74) is 1.97. The molecule has 0 radical (unpaired) electrons. The Hall–Kier alpha value is -2.24. The summed E-state index contributed by atoms with van der Waals surface area (Å²) in [5.74, 6) is -0.332. The Balaban J connectivity index is 1.99. The van der Waals surface area contributed by atoms with E-state index in [1.165, 1.54) is 17.3 Å². The first kappa shape index (κ1) is 13.2. The fourth-order valence-corrected chi connectivity index (χ4v) is 2.02. The van der Waals surface area contributed by atoms with E-state index in [4.69, 9.17) is 0 Å². The average molecular weight is 260 g/mol. The maximum absolute atomic E-state index is 12.1. The van der Waals surface area contributed by atoms with Crippen LogP contribution in [0.1, 0.15) is 11.3 Å². The second-order valence-electron chi connectivity index (χ2n) is 4.46. The van der Waals surface area contributed by atoms with Gasteiger partial charge in [0.15, 0.2) is 0 Å². The van der Waals surface area contributed by atoms with Gasteiger partial charge in [-0.1, -0.05) is 6.58 Å². The molecule has 0 saturated heterocycles. The number of rotatable bonds is 3. The number of aromatic nitrogens is 2. The van der Waals surface area contributed by atoms with Crippen molar-refractivity contribution in [3.05, 3.63) is 36.4 Å². The van der Waals surface area contributed by atoms with E-state index in [1.807, 2.05) is 0 Å². The van der Waals surface area contributed by atoms with Crippen molar-refractivity contribution < 1.29 is 9.59 Å². The number of hydrogen-bond donors (Lipinski definition) is 0. The monoisotopic (exact) mass is 260 g/mol. The fourth-order valence-electron chi connectivity index (χ4n) is 2.02. The van der Waals surface area contributed by atoms with Crippen LogP contribution < -0.4 is 0 Å². The number of carbonyl (C=O) groups excluding carboxylic acids is 2. The minimum Gasteiger partial charge on any atom is -0.336 e. The molecule has 0 saturated carbocycles. The van der Waals surface area contributed by atoms with Crippen molar-refractivity contribution in [2.24, 2.45) is 0 Å². The van der Waals surface area contributed by atoms with Crippen molar-refractivity contribution in [2.45, 2.75) is 13.0 Å². The smallest absolute Gasteiger partial charge is 0.246 e. The van der Waals surface area contributed by atoms with Gasteiger partial charge in [-0.05, 0) is 6.08 Å². The van der Waals surface area contributed by atoms with Crippen LogP contribution in [0.2, 0.25) is 0 Å². The van der Waals surface area contributed by atoms with Crippen LogP contribution in [0, 0.1) is 0 Å². The first-order valence-corrected chi connectivity index (χ1v) is 6.05. The Kier molecular flexibility index (Phi) is 3.89. The lowest BCUT2D eigenvalue weighted by molar-refractivity contribution is -0.137. The second kappa shape index (κ2) is 5.60. The van der Waals surface area contributed by atoms with Gasteiger partial charge >= 0.3 is 0 Å². The summed E-state index contributed by atoms with van der Waals surface area (Å²) in [6, 6.07) is 0. The Morgan fingerprint density at radius 2 is 2.37 bits per heavy atom. The van der Waals surface area contributed by atoms with Crippen molar-refractivity contribution in [3.63, 3.8) is 0 Å². The average Bonchev–Trinajstić information content (AvgIpc) is 2.45. The molecule has 0 unspecified atom stereocenters. The van der Waals surface area contributed by atoms with Crippen LogP contribution in [-0.2, 0) is 22.6 Å². The molecule has 0 fully saturated rings. The highest BCUT2D eigenvalue weighted by atomic mass is 16.2. The first-order chi connectivity index (χ1) is 9.11. The fraction of sp³-hybridized carbons (Fsp3) is 0.385. The molecule has 1 aliphatic rings. The molecule has 2 amide bonds. The van der Waals surface area contributed by atoms with Gasteiger partial charge in [0.25, 0.3) is 0 Å². The molecule has 0 bridgehead atoms. The Morgan fingerprint density at radius 1 is 1.58 bits per heavy atom. The third-order valence-corrected chi connectivity index (χ3v) is 3.14. The molecule has 1 aromatic rings. The third kappa shape index (κ3) is 2.96. The number of amides is 2. The first-order valence-electron chi connectivity index (χ1n) is 6.05. The molecule has 2 heterocycles. The molecule has 0 atom stereocenters. The summed E-state index contributed by atoms with van der Waals surface area (Å²) in [5, 5.41) is 0. The van der Waals surface area contributed by atoms with E-state index in [-0.39, 0.29) is 18.4 Å². The Labute approximate surface area is 111 Å². The van der Waals surface area contributed by atoms with Gasteiger partial charge in [0, 0.05) is 38.3 Å². The lowest BCUT2D eigenvalue weighted by Gasteiger charge is -2.29. The third-order valence-electron chi connectivity index (χ3n) is 3.14. The number of nitrogens with zero attached hydrogens (tertiary/aromatic N) is 4. The van der Waals surface area contributed by atoms with E-state index < -0.39 is 0 Å². The predicted octanol–water partition coefficient (Wildman–Crippen LogP) is 0.00570. The van der Waals surface area contributed by atoms with Gasteiger partial charge < -0.3 is 9.80 Å².